The van der Waals surface area contributed by atoms with E-state index in [-0.39, 0.29) is 5.91 Å². The lowest BCUT2D eigenvalue weighted by Crippen LogP contribution is -2.26. The first-order valence-corrected chi connectivity index (χ1v) is 7.18. The first-order valence-electron chi connectivity index (χ1n) is 6.74. The molecular weight excluding hydrogens is 286 g/mol. The van der Waals surface area contributed by atoms with E-state index in [0.717, 1.165) is 16.7 Å². The minimum atomic E-state index is -0.673. The molecule has 4 heteroatoms. The summed E-state index contributed by atoms with van der Waals surface area (Å²) in [5, 5.41) is 2.18. The number of halogens is 1. The van der Waals surface area contributed by atoms with Crippen LogP contribution in [0.3, 0.4) is 0 Å². The lowest BCUT2D eigenvalue weighted by atomic mass is 10.1. The van der Waals surface area contributed by atoms with Gasteiger partial charge in [-0.3, -0.25) is 4.79 Å². The number of rotatable bonds is 6. The number of hydrogen-bond donors (Lipinski definition) is 1. The lowest BCUT2D eigenvalue weighted by molar-refractivity contribution is -0.121. The fraction of sp³-hybridized carbons (Fsp3) is 0.235. The second-order valence-corrected chi connectivity index (χ2v) is 5.18. The summed E-state index contributed by atoms with van der Waals surface area (Å²) in [6.07, 6.45) is 0. The molecule has 0 aliphatic carbocycles. The number of benzene rings is 2. The van der Waals surface area contributed by atoms with Crippen LogP contribution >= 0.6 is 11.6 Å². The summed E-state index contributed by atoms with van der Waals surface area (Å²) in [7, 11) is 1.66. The van der Waals surface area contributed by atoms with Gasteiger partial charge < -0.3 is 10.1 Å². The molecule has 110 valence electrons. The van der Waals surface area contributed by atoms with Crippen LogP contribution in [0.15, 0.2) is 54.6 Å². The van der Waals surface area contributed by atoms with Crippen molar-refractivity contribution in [1.29, 1.82) is 0 Å². The highest BCUT2D eigenvalue weighted by Crippen LogP contribution is 2.20. The van der Waals surface area contributed by atoms with Crippen LogP contribution in [0.4, 0.5) is 0 Å². The molecular formula is C17H18ClNO2. The second kappa shape index (κ2) is 7.81. The van der Waals surface area contributed by atoms with Crippen molar-refractivity contribution in [2.45, 2.75) is 18.5 Å². The summed E-state index contributed by atoms with van der Waals surface area (Å²) in [5.74, 6) is -0.194. The molecule has 1 atom stereocenters. The van der Waals surface area contributed by atoms with Crippen molar-refractivity contribution in [3.8, 4) is 0 Å². The quantitative estimate of drug-likeness (QED) is 0.830. The van der Waals surface area contributed by atoms with Crippen molar-refractivity contribution in [3.05, 3.63) is 71.3 Å². The Labute approximate surface area is 129 Å². The van der Waals surface area contributed by atoms with Crippen LogP contribution in [0.2, 0.25) is 0 Å². The third-order valence-corrected chi connectivity index (χ3v) is 3.54. The summed E-state index contributed by atoms with van der Waals surface area (Å²) >= 11 is 6.17. The minimum Gasteiger partial charge on any atom is -0.380 e. The Morgan fingerprint density at radius 3 is 2.57 bits per heavy atom. The van der Waals surface area contributed by atoms with Crippen molar-refractivity contribution in [3.63, 3.8) is 0 Å². The van der Waals surface area contributed by atoms with E-state index in [9.17, 15) is 4.79 Å². The van der Waals surface area contributed by atoms with Crippen LogP contribution < -0.4 is 5.32 Å². The standard InChI is InChI=1S/C17H18ClNO2/c1-21-12-14-7-5-6-13(10-14)11-19-17(20)16(18)15-8-3-2-4-9-15/h2-10,16H,11-12H2,1H3,(H,19,20). The van der Waals surface area contributed by atoms with Crippen LogP contribution in [-0.4, -0.2) is 13.0 Å². The highest BCUT2D eigenvalue weighted by atomic mass is 35.5. The number of nitrogens with one attached hydrogen (secondary N) is 1. The molecule has 0 radical (unpaired) electrons. The molecule has 0 fully saturated rings. The van der Waals surface area contributed by atoms with Crippen molar-refractivity contribution in [2.24, 2.45) is 0 Å². The van der Waals surface area contributed by atoms with Crippen LogP contribution in [0.5, 0.6) is 0 Å². The van der Waals surface area contributed by atoms with Crippen LogP contribution in [0.1, 0.15) is 22.1 Å². The summed E-state index contributed by atoms with van der Waals surface area (Å²) in [6, 6.07) is 17.2. The van der Waals surface area contributed by atoms with Crippen molar-refractivity contribution >= 4 is 17.5 Å². The normalized spacial score (nSPS) is 11.9. The summed E-state index contributed by atoms with van der Waals surface area (Å²) in [6.45, 7) is 1.01. The predicted molar refractivity (Wildman–Crippen MR) is 84.0 cm³/mol. The third-order valence-electron chi connectivity index (χ3n) is 3.09. The van der Waals surface area contributed by atoms with E-state index in [1.807, 2.05) is 54.6 Å². The largest absolute Gasteiger partial charge is 0.380 e. The van der Waals surface area contributed by atoms with Gasteiger partial charge in [0.25, 0.3) is 0 Å². The number of alkyl halides is 1. The zero-order valence-corrected chi connectivity index (χ0v) is 12.6. The SMILES string of the molecule is COCc1cccc(CNC(=O)C(Cl)c2ccccc2)c1. The molecule has 0 spiro atoms. The Kier molecular flexibility index (Phi) is 5.78. The first-order chi connectivity index (χ1) is 10.2. The van der Waals surface area contributed by atoms with Gasteiger partial charge in [-0.25, -0.2) is 0 Å². The molecule has 1 amide bonds. The molecule has 0 heterocycles. The average molecular weight is 304 g/mol. The molecule has 0 aliphatic heterocycles. The molecule has 0 saturated carbocycles. The summed E-state index contributed by atoms with van der Waals surface area (Å²) < 4.78 is 5.10. The van der Waals surface area contributed by atoms with Gasteiger partial charge in [-0.1, -0.05) is 54.6 Å². The van der Waals surface area contributed by atoms with Gasteiger partial charge in [0.1, 0.15) is 5.38 Å². The molecule has 21 heavy (non-hydrogen) atoms. The highest BCUT2D eigenvalue weighted by molar-refractivity contribution is 6.30. The Morgan fingerprint density at radius 2 is 1.86 bits per heavy atom. The van der Waals surface area contributed by atoms with E-state index in [0.29, 0.717) is 13.2 Å². The van der Waals surface area contributed by atoms with Gasteiger partial charge in [0.2, 0.25) is 5.91 Å². The molecule has 1 unspecified atom stereocenters. The van der Waals surface area contributed by atoms with Crippen LogP contribution in [0.25, 0.3) is 0 Å². The maximum Gasteiger partial charge on any atom is 0.242 e. The molecule has 3 nitrogen and oxygen atoms in total. The number of hydrogen-bond acceptors (Lipinski definition) is 2. The molecule has 2 aromatic rings. The van der Waals surface area contributed by atoms with Gasteiger partial charge in [0.15, 0.2) is 0 Å². The van der Waals surface area contributed by atoms with Crippen molar-refractivity contribution < 1.29 is 9.53 Å². The van der Waals surface area contributed by atoms with Crippen molar-refractivity contribution in [2.75, 3.05) is 7.11 Å². The fourth-order valence-corrected chi connectivity index (χ4v) is 2.27. The van der Waals surface area contributed by atoms with E-state index in [1.165, 1.54) is 0 Å². The van der Waals surface area contributed by atoms with Gasteiger partial charge >= 0.3 is 0 Å². The predicted octanol–water partition coefficient (Wildman–Crippen LogP) is 3.43. The maximum atomic E-state index is 12.1. The zero-order chi connectivity index (χ0) is 15.1. The Bertz CT molecular complexity index is 586. The molecule has 2 aromatic carbocycles. The minimum absolute atomic E-state index is 0.194. The topological polar surface area (TPSA) is 38.3 Å². The lowest BCUT2D eigenvalue weighted by Gasteiger charge is -2.11. The Hall–Kier alpha value is -1.84. The highest BCUT2D eigenvalue weighted by Gasteiger charge is 2.16. The van der Waals surface area contributed by atoms with E-state index in [4.69, 9.17) is 16.3 Å². The molecule has 1 N–H and O–H groups in total. The number of carbonyl (C=O) groups excluding carboxylic acids is 1. The van der Waals surface area contributed by atoms with Crippen molar-refractivity contribution in [1.82, 2.24) is 5.32 Å². The van der Waals surface area contributed by atoms with Gasteiger partial charge in [0, 0.05) is 13.7 Å². The number of carbonyl (C=O) groups is 1. The number of methoxy groups -OCH3 is 1. The average Bonchev–Trinajstić information content (AvgIpc) is 2.53. The number of ether oxygens (including phenoxy) is 1. The van der Waals surface area contributed by atoms with E-state index >= 15 is 0 Å². The Morgan fingerprint density at radius 1 is 1.14 bits per heavy atom. The van der Waals surface area contributed by atoms with Crippen LogP contribution in [-0.2, 0) is 22.7 Å². The second-order valence-electron chi connectivity index (χ2n) is 4.74. The molecule has 0 saturated heterocycles. The van der Waals surface area contributed by atoms with Gasteiger partial charge in [-0.2, -0.15) is 0 Å². The first kappa shape index (κ1) is 15.5. The fourth-order valence-electron chi connectivity index (χ4n) is 2.05. The molecule has 0 aromatic heterocycles. The zero-order valence-electron chi connectivity index (χ0n) is 11.9. The molecule has 0 bridgehead atoms. The van der Waals surface area contributed by atoms with E-state index in [2.05, 4.69) is 5.32 Å². The van der Waals surface area contributed by atoms with Gasteiger partial charge in [0.05, 0.1) is 6.61 Å². The summed E-state index contributed by atoms with van der Waals surface area (Å²) in [5.41, 5.74) is 2.90. The third kappa shape index (κ3) is 4.59. The van der Waals surface area contributed by atoms with Crippen LogP contribution in [0, 0.1) is 0 Å². The summed E-state index contributed by atoms with van der Waals surface area (Å²) in [4.78, 5) is 12.1. The smallest absolute Gasteiger partial charge is 0.242 e. The monoisotopic (exact) mass is 303 g/mol. The maximum absolute atomic E-state index is 12.1. The van der Waals surface area contributed by atoms with E-state index < -0.39 is 5.38 Å². The van der Waals surface area contributed by atoms with E-state index in [1.54, 1.807) is 7.11 Å². The molecule has 0 aliphatic rings. The van der Waals surface area contributed by atoms with Gasteiger partial charge in [-0.15, -0.1) is 11.6 Å². The molecule has 2 rings (SSSR count). The van der Waals surface area contributed by atoms with Gasteiger partial charge in [-0.05, 0) is 16.7 Å². The number of amides is 1. The Balaban J connectivity index is 1.93.